The van der Waals surface area contributed by atoms with Crippen LogP contribution in [0.15, 0.2) is 54.6 Å². The summed E-state index contributed by atoms with van der Waals surface area (Å²) in [5, 5.41) is 0. The molecule has 0 amide bonds. The molecule has 0 saturated carbocycles. The molecule has 1 aliphatic heterocycles. The SMILES string of the molecule is Cc1cccc(C(=O)/C=C/c2ccc(OCCN3CCOCC3)cc2)c1. The Hall–Kier alpha value is -2.43. The molecule has 1 fully saturated rings. The quantitative estimate of drug-likeness (QED) is 0.564. The van der Waals surface area contributed by atoms with E-state index in [-0.39, 0.29) is 5.78 Å². The zero-order valence-corrected chi connectivity index (χ0v) is 15.2. The van der Waals surface area contributed by atoms with E-state index >= 15 is 0 Å². The summed E-state index contributed by atoms with van der Waals surface area (Å²) in [6.07, 6.45) is 3.45. The van der Waals surface area contributed by atoms with E-state index in [0.29, 0.717) is 12.2 Å². The molecule has 1 heterocycles. The lowest BCUT2D eigenvalue weighted by atomic mass is 10.1. The third kappa shape index (κ3) is 5.55. The predicted octanol–water partition coefficient (Wildman–Crippen LogP) is 3.60. The predicted molar refractivity (Wildman–Crippen MR) is 104 cm³/mol. The number of ether oxygens (including phenoxy) is 2. The third-order valence-electron chi connectivity index (χ3n) is 4.39. The van der Waals surface area contributed by atoms with Crippen LogP contribution < -0.4 is 4.74 Å². The summed E-state index contributed by atoms with van der Waals surface area (Å²) in [5.74, 6) is 0.861. The Morgan fingerprint density at radius 1 is 1.15 bits per heavy atom. The molecule has 26 heavy (non-hydrogen) atoms. The van der Waals surface area contributed by atoms with Crippen LogP contribution in [0, 0.1) is 6.92 Å². The van der Waals surface area contributed by atoms with Crippen molar-refractivity contribution < 1.29 is 14.3 Å². The van der Waals surface area contributed by atoms with Crippen molar-refractivity contribution in [3.8, 4) is 5.75 Å². The molecule has 1 aliphatic rings. The highest BCUT2D eigenvalue weighted by molar-refractivity contribution is 6.06. The molecule has 0 aromatic heterocycles. The number of rotatable bonds is 7. The molecule has 1 saturated heterocycles. The molecule has 2 aromatic rings. The number of carbonyl (C=O) groups excluding carboxylic acids is 1. The van der Waals surface area contributed by atoms with Crippen LogP contribution in [0.2, 0.25) is 0 Å². The molecule has 4 heteroatoms. The van der Waals surface area contributed by atoms with E-state index in [1.807, 2.05) is 61.5 Å². The van der Waals surface area contributed by atoms with Crippen molar-refractivity contribution in [3.05, 3.63) is 71.3 Å². The Bertz CT molecular complexity index is 746. The monoisotopic (exact) mass is 351 g/mol. The number of aryl methyl sites for hydroxylation is 1. The number of carbonyl (C=O) groups is 1. The van der Waals surface area contributed by atoms with Crippen molar-refractivity contribution in [2.24, 2.45) is 0 Å². The van der Waals surface area contributed by atoms with Crippen molar-refractivity contribution in [3.63, 3.8) is 0 Å². The molecule has 2 aromatic carbocycles. The molecule has 0 unspecified atom stereocenters. The van der Waals surface area contributed by atoms with E-state index in [1.54, 1.807) is 6.08 Å². The molecule has 0 N–H and O–H groups in total. The van der Waals surface area contributed by atoms with Crippen molar-refractivity contribution in [2.75, 3.05) is 39.5 Å². The summed E-state index contributed by atoms with van der Waals surface area (Å²) in [5.41, 5.74) is 2.78. The highest BCUT2D eigenvalue weighted by Crippen LogP contribution is 2.14. The number of hydrogen-bond acceptors (Lipinski definition) is 4. The summed E-state index contributed by atoms with van der Waals surface area (Å²) in [6, 6.07) is 15.4. The summed E-state index contributed by atoms with van der Waals surface area (Å²) in [4.78, 5) is 14.5. The number of morpholine rings is 1. The Kier molecular flexibility index (Phi) is 6.58. The maximum Gasteiger partial charge on any atom is 0.185 e. The van der Waals surface area contributed by atoms with E-state index in [4.69, 9.17) is 9.47 Å². The minimum Gasteiger partial charge on any atom is -0.492 e. The van der Waals surface area contributed by atoms with Crippen LogP contribution >= 0.6 is 0 Å². The lowest BCUT2D eigenvalue weighted by molar-refractivity contribution is 0.0322. The summed E-state index contributed by atoms with van der Waals surface area (Å²) in [7, 11) is 0. The van der Waals surface area contributed by atoms with Crippen molar-refractivity contribution >= 4 is 11.9 Å². The van der Waals surface area contributed by atoms with Crippen LogP contribution in [-0.2, 0) is 4.74 Å². The van der Waals surface area contributed by atoms with Gasteiger partial charge in [-0.15, -0.1) is 0 Å². The highest BCUT2D eigenvalue weighted by Gasteiger charge is 2.09. The van der Waals surface area contributed by atoms with Crippen molar-refractivity contribution in [1.82, 2.24) is 4.90 Å². The number of allylic oxidation sites excluding steroid dienone is 1. The second kappa shape index (κ2) is 9.32. The van der Waals surface area contributed by atoms with E-state index in [2.05, 4.69) is 4.90 Å². The van der Waals surface area contributed by atoms with Gasteiger partial charge in [0.05, 0.1) is 13.2 Å². The maximum absolute atomic E-state index is 12.2. The van der Waals surface area contributed by atoms with Gasteiger partial charge < -0.3 is 9.47 Å². The molecule has 4 nitrogen and oxygen atoms in total. The number of benzene rings is 2. The van der Waals surface area contributed by atoms with Gasteiger partial charge in [0.25, 0.3) is 0 Å². The fourth-order valence-corrected chi connectivity index (χ4v) is 2.86. The fraction of sp³-hybridized carbons (Fsp3) is 0.318. The summed E-state index contributed by atoms with van der Waals surface area (Å²) < 4.78 is 11.1. The number of hydrogen-bond donors (Lipinski definition) is 0. The van der Waals surface area contributed by atoms with Crippen LogP contribution in [0.25, 0.3) is 6.08 Å². The maximum atomic E-state index is 12.2. The second-order valence-corrected chi connectivity index (χ2v) is 6.44. The van der Waals surface area contributed by atoms with Gasteiger partial charge in [-0.3, -0.25) is 9.69 Å². The summed E-state index contributed by atoms with van der Waals surface area (Å²) in [6.45, 7) is 7.13. The van der Waals surface area contributed by atoms with Crippen molar-refractivity contribution in [2.45, 2.75) is 6.92 Å². The highest BCUT2D eigenvalue weighted by atomic mass is 16.5. The van der Waals surface area contributed by atoms with E-state index in [0.717, 1.165) is 49.7 Å². The van der Waals surface area contributed by atoms with E-state index in [1.165, 1.54) is 0 Å². The molecule has 0 bridgehead atoms. The van der Waals surface area contributed by atoms with Gasteiger partial charge in [0.1, 0.15) is 12.4 Å². The van der Waals surface area contributed by atoms with Gasteiger partial charge in [-0.1, -0.05) is 42.0 Å². The van der Waals surface area contributed by atoms with Gasteiger partial charge in [-0.05, 0) is 36.8 Å². The van der Waals surface area contributed by atoms with Crippen LogP contribution in [0.3, 0.4) is 0 Å². The van der Waals surface area contributed by atoms with Crippen molar-refractivity contribution in [1.29, 1.82) is 0 Å². The first-order valence-corrected chi connectivity index (χ1v) is 9.03. The Morgan fingerprint density at radius 3 is 2.65 bits per heavy atom. The molecule has 3 rings (SSSR count). The van der Waals surface area contributed by atoms with E-state index < -0.39 is 0 Å². The van der Waals surface area contributed by atoms with Crippen LogP contribution in [0.5, 0.6) is 5.75 Å². The largest absolute Gasteiger partial charge is 0.492 e. The average molecular weight is 351 g/mol. The smallest absolute Gasteiger partial charge is 0.185 e. The lowest BCUT2D eigenvalue weighted by Gasteiger charge is -2.26. The van der Waals surface area contributed by atoms with Crippen LogP contribution in [-0.4, -0.2) is 50.1 Å². The fourth-order valence-electron chi connectivity index (χ4n) is 2.86. The molecule has 136 valence electrons. The summed E-state index contributed by atoms with van der Waals surface area (Å²) >= 11 is 0. The second-order valence-electron chi connectivity index (χ2n) is 6.44. The van der Waals surface area contributed by atoms with Gasteiger partial charge >= 0.3 is 0 Å². The first-order valence-electron chi connectivity index (χ1n) is 9.03. The first-order chi connectivity index (χ1) is 12.7. The van der Waals surface area contributed by atoms with Gasteiger partial charge in [-0.2, -0.15) is 0 Å². The zero-order valence-electron chi connectivity index (χ0n) is 15.2. The minimum absolute atomic E-state index is 0.0135. The normalized spacial score (nSPS) is 15.3. The van der Waals surface area contributed by atoms with Gasteiger partial charge in [-0.25, -0.2) is 0 Å². The van der Waals surface area contributed by atoms with Gasteiger partial charge in [0, 0.05) is 25.2 Å². The Labute approximate surface area is 155 Å². The first kappa shape index (κ1) is 18.4. The lowest BCUT2D eigenvalue weighted by Crippen LogP contribution is -2.38. The van der Waals surface area contributed by atoms with Gasteiger partial charge in [0.15, 0.2) is 5.78 Å². The Balaban J connectivity index is 1.48. The third-order valence-corrected chi connectivity index (χ3v) is 4.39. The number of nitrogens with zero attached hydrogens (tertiary/aromatic N) is 1. The topological polar surface area (TPSA) is 38.8 Å². The van der Waals surface area contributed by atoms with Gasteiger partial charge in [0.2, 0.25) is 0 Å². The van der Waals surface area contributed by atoms with Crippen LogP contribution in [0.4, 0.5) is 0 Å². The zero-order chi connectivity index (χ0) is 18.2. The molecule has 0 atom stereocenters. The average Bonchev–Trinajstić information content (AvgIpc) is 2.68. The number of ketones is 1. The standard InChI is InChI=1S/C22H25NO3/c1-18-3-2-4-20(17-18)22(24)10-7-19-5-8-21(9-6-19)26-16-13-23-11-14-25-15-12-23/h2-10,17H,11-16H2,1H3/b10-7+. The molecule has 0 spiro atoms. The molecule has 0 aliphatic carbocycles. The minimum atomic E-state index is 0.0135. The molecular formula is C22H25NO3. The molecule has 0 radical (unpaired) electrons. The molecular weight excluding hydrogens is 326 g/mol. The van der Waals surface area contributed by atoms with Crippen LogP contribution in [0.1, 0.15) is 21.5 Å². The Morgan fingerprint density at radius 2 is 1.92 bits per heavy atom. The van der Waals surface area contributed by atoms with E-state index in [9.17, 15) is 4.79 Å².